The summed E-state index contributed by atoms with van der Waals surface area (Å²) in [6, 6.07) is 0.0370. The summed E-state index contributed by atoms with van der Waals surface area (Å²) in [5.41, 5.74) is 1.74. The van der Waals surface area contributed by atoms with Crippen LogP contribution in [0.5, 0.6) is 0 Å². The molecule has 8 nitrogen and oxygen atoms in total. The lowest BCUT2D eigenvalue weighted by atomic mass is 10.00. The van der Waals surface area contributed by atoms with E-state index in [1.54, 1.807) is 6.20 Å². The molecule has 0 bridgehead atoms. The summed E-state index contributed by atoms with van der Waals surface area (Å²) in [6.45, 7) is 3.79. The van der Waals surface area contributed by atoms with Crippen molar-refractivity contribution in [3.63, 3.8) is 0 Å². The summed E-state index contributed by atoms with van der Waals surface area (Å²) in [4.78, 5) is 15.2. The van der Waals surface area contributed by atoms with Crippen molar-refractivity contribution in [3.05, 3.63) is 22.5 Å². The zero-order chi connectivity index (χ0) is 15.1. The highest BCUT2D eigenvalue weighted by molar-refractivity contribution is 7.08. The number of piperidine rings is 1. The van der Waals surface area contributed by atoms with Crippen LogP contribution in [0.15, 0.2) is 6.20 Å². The summed E-state index contributed by atoms with van der Waals surface area (Å²) in [7, 11) is 0. The van der Waals surface area contributed by atoms with Crippen LogP contribution in [0, 0.1) is 0 Å². The number of aryl methyl sites for hydroxylation is 1. The molecule has 1 amide bonds. The van der Waals surface area contributed by atoms with Crippen LogP contribution in [0.3, 0.4) is 0 Å². The molecule has 1 saturated heterocycles. The molecule has 4 rings (SSSR count). The summed E-state index contributed by atoms with van der Waals surface area (Å²) in [5, 5.41) is 12.1. The molecule has 2 aromatic heterocycles. The molecule has 2 aromatic rings. The fourth-order valence-electron chi connectivity index (χ4n) is 3.11. The van der Waals surface area contributed by atoms with Crippen LogP contribution in [0.25, 0.3) is 0 Å². The highest BCUT2D eigenvalue weighted by Gasteiger charge is 2.38. The average molecular weight is 320 g/mol. The SMILES string of the molecule is CCc1nnsc1C(=O)N1CCC2OCc3cnnn3C2C1. The maximum atomic E-state index is 12.7. The lowest BCUT2D eigenvalue weighted by Gasteiger charge is -2.40. The first-order valence-electron chi connectivity index (χ1n) is 7.39. The molecule has 2 aliphatic rings. The Morgan fingerprint density at radius 1 is 1.55 bits per heavy atom. The van der Waals surface area contributed by atoms with E-state index in [4.69, 9.17) is 4.74 Å². The molecule has 4 heterocycles. The zero-order valence-corrected chi connectivity index (χ0v) is 13.0. The molecule has 2 atom stereocenters. The van der Waals surface area contributed by atoms with E-state index in [9.17, 15) is 4.79 Å². The van der Waals surface area contributed by atoms with Gasteiger partial charge in [-0.3, -0.25) is 4.79 Å². The van der Waals surface area contributed by atoms with Crippen molar-refractivity contribution in [3.8, 4) is 0 Å². The lowest BCUT2D eigenvalue weighted by molar-refractivity contribution is -0.0604. The number of nitrogens with zero attached hydrogens (tertiary/aromatic N) is 6. The Morgan fingerprint density at radius 3 is 3.32 bits per heavy atom. The van der Waals surface area contributed by atoms with Gasteiger partial charge in [0.25, 0.3) is 5.91 Å². The van der Waals surface area contributed by atoms with Gasteiger partial charge in [0, 0.05) is 13.1 Å². The number of likely N-dealkylation sites (tertiary alicyclic amines) is 1. The molecule has 22 heavy (non-hydrogen) atoms. The summed E-state index contributed by atoms with van der Waals surface area (Å²) in [5.74, 6) is 0.0116. The number of rotatable bonds is 2. The number of ether oxygens (including phenoxy) is 1. The van der Waals surface area contributed by atoms with Gasteiger partial charge in [-0.1, -0.05) is 16.6 Å². The van der Waals surface area contributed by atoms with E-state index in [0.29, 0.717) is 31.0 Å². The fourth-order valence-corrected chi connectivity index (χ4v) is 3.83. The van der Waals surface area contributed by atoms with Crippen molar-refractivity contribution in [2.45, 2.75) is 38.5 Å². The van der Waals surface area contributed by atoms with Crippen molar-refractivity contribution in [1.82, 2.24) is 29.5 Å². The second kappa shape index (κ2) is 5.40. The van der Waals surface area contributed by atoms with Crippen LogP contribution in [-0.2, 0) is 17.8 Å². The van der Waals surface area contributed by atoms with Gasteiger partial charge in [-0.05, 0) is 24.4 Å². The molecule has 1 fully saturated rings. The van der Waals surface area contributed by atoms with Gasteiger partial charge in [0.05, 0.1) is 36.3 Å². The first kappa shape index (κ1) is 13.8. The number of carbonyl (C=O) groups excluding carboxylic acids is 1. The Labute approximate surface area is 131 Å². The van der Waals surface area contributed by atoms with Gasteiger partial charge in [0.1, 0.15) is 4.88 Å². The second-order valence-electron chi connectivity index (χ2n) is 5.53. The highest BCUT2D eigenvalue weighted by atomic mass is 32.1. The Bertz CT molecular complexity index is 698. The predicted octanol–water partition coefficient (Wildman–Crippen LogP) is 0.678. The summed E-state index contributed by atoms with van der Waals surface area (Å²) >= 11 is 1.17. The third-order valence-electron chi connectivity index (χ3n) is 4.30. The predicted molar refractivity (Wildman–Crippen MR) is 77.4 cm³/mol. The molecule has 0 aromatic carbocycles. The molecular weight excluding hydrogens is 304 g/mol. The van der Waals surface area contributed by atoms with Crippen LogP contribution in [0.4, 0.5) is 0 Å². The number of hydrogen-bond donors (Lipinski definition) is 0. The van der Waals surface area contributed by atoms with Gasteiger partial charge in [0.2, 0.25) is 0 Å². The lowest BCUT2D eigenvalue weighted by Crippen LogP contribution is -2.49. The van der Waals surface area contributed by atoms with Gasteiger partial charge < -0.3 is 9.64 Å². The molecule has 9 heteroatoms. The third kappa shape index (κ3) is 2.12. The van der Waals surface area contributed by atoms with Crippen molar-refractivity contribution in [2.24, 2.45) is 0 Å². The van der Waals surface area contributed by atoms with Gasteiger partial charge in [0.15, 0.2) is 0 Å². The van der Waals surface area contributed by atoms with Crippen LogP contribution in [-0.4, -0.2) is 54.6 Å². The van der Waals surface area contributed by atoms with Crippen LogP contribution < -0.4 is 0 Å². The van der Waals surface area contributed by atoms with Crippen molar-refractivity contribution < 1.29 is 9.53 Å². The van der Waals surface area contributed by atoms with Crippen LogP contribution in [0.2, 0.25) is 0 Å². The van der Waals surface area contributed by atoms with Crippen molar-refractivity contribution in [1.29, 1.82) is 0 Å². The minimum absolute atomic E-state index is 0.0116. The first-order valence-corrected chi connectivity index (χ1v) is 8.16. The van der Waals surface area contributed by atoms with Gasteiger partial charge in [-0.15, -0.1) is 10.2 Å². The quantitative estimate of drug-likeness (QED) is 0.809. The van der Waals surface area contributed by atoms with Gasteiger partial charge in [-0.25, -0.2) is 4.68 Å². The maximum Gasteiger partial charge on any atom is 0.267 e. The number of carbonyl (C=O) groups is 1. The maximum absolute atomic E-state index is 12.7. The van der Waals surface area contributed by atoms with Gasteiger partial charge >= 0.3 is 0 Å². The fraction of sp³-hybridized carbons (Fsp3) is 0.615. The molecular formula is C13H16N6O2S. The Hall–Kier alpha value is -1.87. The van der Waals surface area contributed by atoms with E-state index in [2.05, 4.69) is 19.9 Å². The van der Waals surface area contributed by atoms with E-state index in [1.165, 1.54) is 11.5 Å². The minimum atomic E-state index is 0.0116. The van der Waals surface area contributed by atoms with Crippen molar-refractivity contribution >= 4 is 17.4 Å². The number of fused-ring (bicyclic) bond motifs is 3. The smallest absolute Gasteiger partial charge is 0.267 e. The Balaban J connectivity index is 1.58. The topological polar surface area (TPSA) is 86.0 Å². The number of hydrogen-bond acceptors (Lipinski definition) is 7. The van der Waals surface area contributed by atoms with E-state index < -0.39 is 0 Å². The molecule has 116 valence electrons. The highest BCUT2D eigenvalue weighted by Crippen LogP contribution is 2.31. The van der Waals surface area contributed by atoms with E-state index in [1.807, 2.05) is 16.5 Å². The summed E-state index contributed by atoms with van der Waals surface area (Å²) in [6.07, 6.45) is 3.35. The third-order valence-corrected chi connectivity index (χ3v) is 5.06. The molecule has 0 spiro atoms. The summed E-state index contributed by atoms with van der Waals surface area (Å²) < 4.78 is 11.7. The largest absolute Gasteiger partial charge is 0.370 e. The number of aromatic nitrogens is 5. The molecule has 2 aliphatic heterocycles. The molecule has 2 unspecified atom stereocenters. The van der Waals surface area contributed by atoms with Crippen molar-refractivity contribution in [2.75, 3.05) is 13.1 Å². The first-order chi connectivity index (χ1) is 10.8. The minimum Gasteiger partial charge on any atom is -0.370 e. The normalized spacial score (nSPS) is 24.0. The molecule has 0 N–H and O–H groups in total. The van der Waals surface area contributed by atoms with E-state index >= 15 is 0 Å². The zero-order valence-electron chi connectivity index (χ0n) is 12.2. The van der Waals surface area contributed by atoms with E-state index in [-0.39, 0.29) is 18.1 Å². The molecule has 0 saturated carbocycles. The van der Waals surface area contributed by atoms with Crippen LogP contribution in [0.1, 0.15) is 40.4 Å². The average Bonchev–Trinajstić information content (AvgIpc) is 3.22. The Kier molecular flexibility index (Phi) is 3.38. The second-order valence-corrected chi connectivity index (χ2v) is 6.28. The Morgan fingerprint density at radius 2 is 2.45 bits per heavy atom. The van der Waals surface area contributed by atoms with Crippen LogP contribution >= 0.6 is 11.5 Å². The van der Waals surface area contributed by atoms with Gasteiger partial charge in [-0.2, -0.15) is 0 Å². The monoisotopic (exact) mass is 320 g/mol. The van der Waals surface area contributed by atoms with E-state index in [0.717, 1.165) is 17.8 Å². The standard InChI is InChI=1S/C13H16N6O2S/c1-2-9-12(22-17-15-9)13(20)18-4-3-11-10(6-18)19-8(7-21-11)5-14-16-19/h5,10-11H,2-4,6-7H2,1H3. The molecule has 0 radical (unpaired) electrons. The number of amides is 1. The molecule has 0 aliphatic carbocycles.